The van der Waals surface area contributed by atoms with E-state index in [1.165, 1.54) is 0 Å². The van der Waals surface area contributed by atoms with E-state index in [4.69, 9.17) is 11.6 Å². The molecular weight excluding hydrogens is 379 g/mol. The largest absolute Gasteiger partial charge is 0.292 e. The van der Waals surface area contributed by atoms with Crippen molar-refractivity contribution in [3.05, 3.63) is 68.6 Å². The third kappa shape index (κ3) is 3.02. The second-order valence-electron chi connectivity index (χ2n) is 3.76. The third-order valence-electron chi connectivity index (χ3n) is 2.52. The SMILES string of the molecule is O=C(c1ccc(Br)cc1Br)C(Cl)c1ccccc1. The lowest BCUT2D eigenvalue weighted by molar-refractivity contribution is 0.0986. The Kier molecular flexibility index (Phi) is 4.60. The van der Waals surface area contributed by atoms with E-state index in [1.54, 1.807) is 6.07 Å². The monoisotopic (exact) mass is 386 g/mol. The zero-order chi connectivity index (χ0) is 13.1. The van der Waals surface area contributed by atoms with Gasteiger partial charge in [-0.05, 0) is 23.8 Å². The van der Waals surface area contributed by atoms with Crippen LogP contribution >= 0.6 is 43.5 Å². The Hall–Kier alpha value is -0.640. The van der Waals surface area contributed by atoms with Crippen LogP contribution in [0.1, 0.15) is 21.3 Å². The second-order valence-corrected chi connectivity index (χ2v) is 5.97. The highest BCUT2D eigenvalue weighted by Crippen LogP contribution is 2.29. The summed E-state index contributed by atoms with van der Waals surface area (Å²) in [6.45, 7) is 0. The van der Waals surface area contributed by atoms with Gasteiger partial charge < -0.3 is 0 Å². The van der Waals surface area contributed by atoms with E-state index >= 15 is 0 Å². The average Bonchev–Trinajstić information content (AvgIpc) is 2.38. The van der Waals surface area contributed by atoms with Crippen LogP contribution in [-0.4, -0.2) is 5.78 Å². The molecule has 0 heterocycles. The van der Waals surface area contributed by atoms with Crippen molar-refractivity contribution in [2.75, 3.05) is 0 Å². The second kappa shape index (κ2) is 6.00. The lowest BCUT2D eigenvalue weighted by atomic mass is 10.0. The molecule has 1 unspecified atom stereocenters. The van der Waals surface area contributed by atoms with Gasteiger partial charge >= 0.3 is 0 Å². The molecule has 0 aliphatic carbocycles. The Bertz CT molecular complexity index is 569. The molecule has 0 bridgehead atoms. The van der Waals surface area contributed by atoms with Crippen LogP contribution in [0.2, 0.25) is 0 Å². The van der Waals surface area contributed by atoms with Gasteiger partial charge in [0.25, 0.3) is 0 Å². The maximum atomic E-state index is 12.3. The molecular formula is C14H9Br2ClO. The molecule has 0 radical (unpaired) electrons. The van der Waals surface area contributed by atoms with Gasteiger partial charge in [0.15, 0.2) is 5.78 Å². The highest BCUT2D eigenvalue weighted by atomic mass is 79.9. The Balaban J connectivity index is 2.32. The van der Waals surface area contributed by atoms with Crippen molar-refractivity contribution in [1.82, 2.24) is 0 Å². The molecule has 4 heteroatoms. The molecule has 0 aromatic heterocycles. The molecule has 0 N–H and O–H groups in total. The summed E-state index contributed by atoms with van der Waals surface area (Å²) in [5.74, 6) is -0.109. The van der Waals surface area contributed by atoms with Gasteiger partial charge in [0.05, 0.1) is 0 Å². The van der Waals surface area contributed by atoms with Gasteiger partial charge in [0, 0.05) is 14.5 Å². The summed E-state index contributed by atoms with van der Waals surface area (Å²) < 4.78 is 1.65. The zero-order valence-corrected chi connectivity index (χ0v) is 13.2. The minimum absolute atomic E-state index is 0.109. The fraction of sp³-hybridized carbons (Fsp3) is 0.0714. The molecule has 0 saturated heterocycles. The molecule has 0 aliphatic rings. The van der Waals surface area contributed by atoms with Gasteiger partial charge in [0.2, 0.25) is 0 Å². The van der Waals surface area contributed by atoms with Crippen molar-refractivity contribution in [1.29, 1.82) is 0 Å². The van der Waals surface area contributed by atoms with Crippen molar-refractivity contribution in [3.63, 3.8) is 0 Å². The Morgan fingerprint density at radius 2 is 1.72 bits per heavy atom. The first-order valence-electron chi connectivity index (χ1n) is 5.28. The predicted molar refractivity (Wildman–Crippen MR) is 81.2 cm³/mol. The number of ketones is 1. The highest BCUT2D eigenvalue weighted by molar-refractivity contribution is 9.11. The van der Waals surface area contributed by atoms with E-state index in [2.05, 4.69) is 31.9 Å². The number of carbonyl (C=O) groups excluding carboxylic acids is 1. The number of hydrogen-bond donors (Lipinski definition) is 0. The number of hydrogen-bond acceptors (Lipinski definition) is 1. The lowest BCUT2D eigenvalue weighted by Crippen LogP contribution is -2.08. The number of alkyl halides is 1. The van der Waals surface area contributed by atoms with Crippen LogP contribution in [0.25, 0.3) is 0 Å². The number of benzene rings is 2. The minimum Gasteiger partial charge on any atom is -0.292 e. The fourth-order valence-electron chi connectivity index (χ4n) is 1.60. The summed E-state index contributed by atoms with van der Waals surface area (Å²) in [7, 11) is 0. The summed E-state index contributed by atoms with van der Waals surface area (Å²) >= 11 is 13.0. The Morgan fingerprint density at radius 3 is 2.33 bits per heavy atom. The van der Waals surface area contributed by atoms with E-state index in [9.17, 15) is 4.79 Å². The first-order valence-corrected chi connectivity index (χ1v) is 7.30. The molecule has 1 atom stereocenters. The molecule has 0 saturated carbocycles. The van der Waals surface area contributed by atoms with E-state index in [-0.39, 0.29) is 5.78 Å². The molecule has 2 rings (SSSR count). The van der Waals surface area contributed by atoms with Crippen molar-refractivity contribution in [2.24, 2.45) is 0 Å². The van der Waals surface area contributed by atoms with Crippen LogP contribution < -0.4 is 0 Å². The quantitative estimate of drug-likeness (QED) is 0.510. The summed E-state index contributed by atoms with van der Waals surface area (Å²) in [6, 6.07) is 14.8. The zero-order valence-electron chi connectivity index (χ0n) is 9.24. The maximum Gasteiger partial charge on any atom is 0.186 e. The summed E-state index contributed by atoms with van der Waals surface area (Å²) in [6.07, 6.45) is 0. The van der Waals surface area contributed by atoms with Crippen molar-refractivity contribution < 1.29 is 4.79 Å². The van der Waals surface area contributed by atoms with Gasteiger partial charge in [-0.15, -0.1) is 11.6 Å². The topological polar surface area (TPSA) is 17.1 Å². The molecule has 2 aromatic rings. The number of rotatable bonds is 3. The highest BCUT2D eigenvalue weighted by Gasteiger charge is 2.21. The molecule has 0 amide bonds. The van der Waals surface area contributed by atoms with E-state index in [0.29, 0.717) is 5.56 Å². The van der Waals surface area contributed by atoms with Crippen molar-refractivity contribution >= 4 is 49.2 Å². The summed E-state index contributed by atoms with van der Waals surface area (Å²) in [4.78, 5) is 12.3. The molecule has 1 nitrogen and oxygen atoms in total. The smallest absolute Gasteiger partial charge is 0.186 e. The standard InChI is InChI=1S/C14H9Br2ClO/c15-10-6-7-11(12(16)8-10)14(18)13(17)9-4-2-1-3-5-9/h1-8,13H. The van der Waals surface area contributed by atoms with E-state index in [0.717, 1.165) is 14.5 Å². The van der Waals surface area contributed by atoms with Gasteiger partial charge in [-0.1, -0.05) is 62.2 Å². The van der Waals surface area contributed by atoms with Crippen LogP contribution in [0.5, 0.6) is 0 Å². The van der Waals surface area contributed by atoms with Gasteiger partial charge in [-0.2, -0.15) is 0 Å². The van der Waals surface area contributed by atoms with Crippen LogP contribution in [0.3, 0.4) is 0 Å². The molecule has 0 aliphatic heterocycles. The van der Waals surface area contributed by atoms with Crippen molar-refractivity contribution in [2.45, 2.75) is 5.38 Å². The molecule has 0 spiro atoms. The summed E-state index contributed by atoms with van der Waals surface area (Å²) in [5, 5.41) is -0.663. The molecule has 18 heavy (non-hydrogen) atoms. The first kappa shape index (κ1) is 13.8. The van der Waals surface area contributed by atoms with Crippen molar-refractivity contribution in [3.8, 4) is 0 Å². The van der Waals surface area contributed by atoms with E-state index in [1.807, 2.05) is 42.5 Å². The van der Waals surface area contributed by atoms with Crippen LogP contribution in [0, 0.1) is 0 Å². The van der Waals surface area contributed by atoms with Crippen LogP contribution in [-0.2, 0) is 0 Å². The van der Waals surface area contributed by atoms with Crippen LogP contribution in [0.4, 0.5) is 0 Å². The normalized spacial score (nSPS) is 12.2. The third-order valence-corrected chi connectivity index (χ3v) is 4.12. The number of halogens is 3. The first-order chi connectivity index (χ1) is 8.59. The Labute approximate surface area is 127 Å². The van der Waals surface area contributed by atoms with Gasteiger partial charge in [-0.25, -0.2) is 0 Å². The van der Waals surface area contributed by atoms with E-state index < -0.39 is 5.38 Å². The van der Waals surface area contributed by atoms with Crippen LogP contribution in [0.15, 0.2) is 57.5 Å². The minimum atomic E-state index is -0.663. The molecule has 0 fully saturated rings. The molecule has 2 aromatic carbocycles. The Morgan fingerprint density at radius 1 is 1.06 bits per heavy atom. The maximum absolute atomic E-state index is 12.3. The lowest BCUT2D eigenvalue weighted by Gasteiger charge is -2.10. The summed E-state index contributed by atoms with van der Waals surface area (Å²) in [5.41, 5.74) is 1.39. The molecule has 92 valence electrons. The average molecular weight is 388 g/mol. The fourth-order valence-corrected chi connectivity index (χ4v) is 3.10. The van der Waals surface area contributed by atoms with Gasteiger partial charge in [0.1, 0.15) is 5.38 Å². The predicted octanol–water partition coefficient (Wildman–Crippen LogP) is 5.37. The number of carbonyl (C=O) groups is 1. The van der Waals surface area contributed by atoms with Gasteiger partial charge in [-0.3, -0.25) is 4.79 Å². The number of Topliss-reactive ketones (excluding diaryl/α,β-unsaturated/α-hetero) is 1.